The van der Waals surface area contributed by atoms with E-state index in [1.165, 1.54) is 6.20 Å². The number of hydrogen-bond donors (Lipinski definition) is 1. The first-order chi connectivity index (χ1) is 11.6. The van der Waals surface area contributed by atoms with E-state index in [1.807, 2.05) is 37.3 Å². The van der Waals surface area contributed by atoms with Gasteiger partial charge in [-0.15, -0.1) is 0 Å². The summed E-state index contributed by atoms with van der Waals surface area (Å²) in [4.78, 5) is 31.9. The van der Waals surface area contributed by atoms with Crippen molar-refractivity contribution in [3.8, 4) is 0 Å². The van der Waals surface area contributed by atoms with Gasteiger partial charge in [0.05, 0.1) is 6.61 Å². The Kier molecular flexibility index (Phi) is 4.42. The zero-order chi connectivity index (χ0) is 17.1. The monoisotopic (exact) mass is 322 g/mol. The second-order valence-corrected chi connectivity index (χ2v) is 5.58. The van der Waals surface area contributed by atoms with Crippen molar-refractivity contribution in [2.45, 2.75) is 20.3 Å². The second-order valence-electron chi connectivity index (χ2n) is 5.58. The Labute approximate surface area is 139 Å². The van der Waals surface area contributed by atoms with Gasteiger partial charge in [-0.25, -0.2) is 4.79 Å². The molecule has 0 radical (unpaired) electrons. The van der Waals surface area contributed by atoms with Gasteiger partial charge in [0.15, 0.2) is 0 Å². The van der Waals surface area contributed by atoms with E-state index in [1.54, 1.807) is 13.0 Å². The van der Waals surface area contributed by atoms with Gasteiger partial charge in [0.1, 0.15) is 5.56 Å². The summed E-state index contributed by atoms with van der Waals surface area (Å²) in [5.41, 5.74) is 3.25. The van der Waals surface area contributed by atoms with Crippen molar-refractivity contribution in [2.24, 2.45) is 0 Å². The molecule has 0 bridgehead atoms. The zero-order valence-electron chi connectivity index (χ0n) is 13.6. The Morgan fingerprint density at radius 2 is 2.08 bits per heavy atom. The lowest BCUT2D eigenvalue weighted by Gasteiger charge is -2.06. The Bertz CT molecular complexity index is 960. The highest BCUT2D eigenvalue weighted by Gasteiger charge is 2.14. The Balaban J connectivity index is 2.01. The number of hydrogen-bond acceptors (Lipinski definition) is 4. The highest BCUT2D eigenvalue weighted by atomic mass is 16.5. The van der Waals surface area contributed by atoms with Crippen LogP contribution in [-0.4, -0.2) is 22.5 Å². The third kappa shape index (κ3) is 3.20. The standard InChI is InChI=1S/C19H18N2O3/c1-3-24-19(23)16-11-20-17-8-7-13(10-15(17)18(16)22)9-14-6-4-5-12(2)21-14/h4-8,10-11H,3,9H2,1-2H3,(H,20,22). The molecule has 5 nitrogen and oxygen atoms in total. The van der Waals surface area contributed by atoms with Crippen LogP contribution < -0.4 is 5.43 Å². The Morgan fingerprint density at radius 3 is 2.83 bits per heavy atom. The third-order valence-corrected chi connectivity index (χ3v) is 3.77. The normalized spacial score (nSPS) is 10.8. The van der Waals surface area contributed by atoms with E-state index in [2.05, 4.69) is 9.97 Å². The molecular weight excluding hydrogens is 304 g/mol. The zero-order valence-corrected chi connectivity index (χ0v) is 13.6. The molecule has 0 amide bonds. The van der Waals surface area contributed by atoms with Crippen molar-refractivity contribution >= 4 is 16.9 Å². The van der Waals surface area contributed by atoms with Crippen LogP contribution in [0.2, 0.25) is 0 Å². The molecule has 2 heterocycles. The summed E-state index contributed by atoms with van der Waals surface area (Å²) in [5, 5.41) is 0.478. The number of H-pyrrole nitrogens is 1. The molecule has 0 aliphatic carbocycles. The van der Waals surface area contributed by atoms with Crippen LogP contribution in [0.4, 0.5) is 0 Å². The Morgan fingerprint density at radius 1 is 1.25 bits per heavy atom. The molecule has 0 saturated carbocycles. The van der Waals surface area contributed by atoms with E-state index < -0.39 is 5.97 Å². The first-order valence-corrected chi connectivity index (χ1v) is 7.82. The van der Waals surface area contributed by atoms with Gasteiger partial charge in [0.2, 0.25) is 5.43 Å². The molecule has 0 atom stereocenters. The van der Waals surface area contributed by atoms with Gasteiger partial charge >= 0.3 is 5.97 Å². The summed E-state index contributed by atoms with van der Waals surface area (Å²) >= 11 is 0. The number of esters is 1. The number of aromatic amines is 1. The van der Waals surface area contributed by atoms with E-state index >= 15 is 0 Å². The number of aryl methyl sites for hydroxylation is 1. The molecule has 24 heavy (non-hydrogen) atoms. The fraction of sp³-hybridized carbons (Fsp3) is 0.211. The molecule has 5 heteroatoms. The van der Waals surface area contributed by atoms with E-state index in [9.17, 15) is 9.59 Å². The molecule has 1 N–H and O–H groups in total. The number of rotatable bonds is 4. The first kappa shape index (κ1) is 15.9. The van der Waals surface area contributed by atoms with Crippen LogP contribution in [-0.2, 0) is 11.2 Å². The van der Waals surface area contributed by atoms with Crippen LogP contribution in [0.15, 0.2) is 47.4 Å². The van der Waals surface area contributed by atoms with Crippen molar-refractivity contribution in [2.75, 3.05) is 6.61 Å². The fourth-order valence-corrected chi connectivity index (χ4v) is 2.64. The molecule has 3 aromatic rings. The lowest BCUT2D eigenvalue weighted by Crippen LogP contribution is -2.18. The van der Waals surface area contributed by atoms with Gasteiger partial charge < -0.3 is 9.72 Å². The number of nitrogens with zero attached hydrogens (tertiary/aromatic N) is 1. The first-order valence-electron chi connectivity index (χ1n) is 7.82. The Hall–Kier alpha value is -2.95. The van der Waals surface area contributed by atoms with Crippen LogP contribution in [0, 0.1) is 6.92 Å². The van der Waals surface area contributed by atoms with Gasteiger partial charge in [0, 0.05) is 34.9 Å². The minimum atomic E-state index is -0.605. The van der Waals surface area contributed by atoms with Gasteiger partial charge in [-0.1, -0.05) is 12.1 Å². The average molecular weight is 322 g/mol. The number of benzene rings is 1. The number of pyridine rings is 2. The smallest absolute Gasteiger partial charge is 0.343 e. The predicted molar refractivity (Wildman–Crippen MR) is 92.3 cm³/mol. The topological polar surface area (TPSA) is 72.1 Å². The minimum absolute atomic E-state index is 0.0233. The molecule has 1 aromatic carbocycles. The average Bonchev–Trinajstić information content (AvgIpc) is 2.56. The second kappa shape index (κ2) is 6.66. The summed E-state index contributed by atoms with van der Waals surface area (Å²) in [6, 6.07) is 11.5. The van der Waals surface area contributed by atoms with Crippen molar-refractivity contribution < 1.29 is 9.53 Å². The summed E-state index contributed by atoms with van der Waals surface area (Å²) in [5.74, 6) is -0.605. The van der Waals surface area contributed by atoms with Crippen LogP contribution in [0.5, 0.6) is 0 Å². The molecule has 0 aliphatic heterocycles. The number of carbonyl (C=O) groups is 1. The van der Waals surface area contributed by atoms with Crippen molar-refractivity contribution in [1.82, 2.24) is 9.97 Å². The molecule has 0 unspecified atom stereocenters. The van der Waals surface area contributed by atoms with Gasteiger partial charge in [0.25, 0.3) is 0 Å². The highest BCUT2D eigenvalue weighted by Crippen LogP contribution is 2.15. The largest absolute Gasteiger partial charge is 0.462 e. The van der Waals surface area contributed by atoms with Crippen molar-refractivity contribution in [3.05, 3.63) is 75.3 Å². The molecule has 0 spiro atoms. The predicted octanol–water partition coefficient (Wildman–Crippen LogP) is 3.00. The van der Waals surface area contributed by atoms with Crippen LogP contribution in [0.25, 0.3) is 10.9 Å². The molecule has 3 rings (SSSR count). The number of carbonyl (C=O) groups excluding carboxylic acids is 1. The van der Waals surface area contributed by atoms with Gasteiger partial charge in [-0.2, -0.15) is 0 Å². The lowest BCUT2D eigenvalue weighted by molar-refractivity contribution is 0.0524. The van der Waals surface area contributed by atoms with Gasteiger partial charge in [-0.05, 0) is 43.7 Å². The number of nitrogens with one attached hydrogen (secondary N) is 1. The van der Waals surface area contributed by atoms with E-state index in [0.717, 1.165) is 17.0 Å². The van der Waals surface area contributed by atoms with Crippen molar-refractivity contribution in [3.63, 3.8) is 0 Å². The summed E-state index contributed by atoms with van der Waals surface area (Å²) < 4.78 is 4.93. The molecule has 2 aromatic heterocycles. The van der Waals surface area contributed by atoms with Crippen LogP contribution in [0.3, 0.4) is 0 Å². The van der Waals surface area contributed by atoms with Crippen LogP contribution in [0.1, 0.15) is 34.2 Å². The van der Waals surface area contributed by atoms with Crippen LogP contribution >= 0.6 is 0 Å². The van der Waals surface area contributed by atoms with E-state index in [-0.39, 0.29) is 17.6 Å². The minimum Gasteiger partial charge on any atom is -0.462 e. The van der Waals surface area contributed by atoms with E-state index in [4.69, 9.17) is 4.74 Å². The number of fused-ring (bicyclic) bond motifs is 1. The maximum Gasteiger partial charge on any atom is 0.343 e. The summed E-state index contributed by atoms with van der Waals surface area (Å²) in [6.45, 7) is 3.88. The van der Waals surface area contributed by atoms with Gasteiger partial charge in [-0.3, -0.25) is 9.78 Å². The molecule has 0 saturated heterocycles. The SMILES string of the molecule is CCOC(=O)c1c[nH]c2ccc(Cc3cccc(C)n3)cc2c1=O. The number of ether oxygens (including phenoxy) is 1. The third-order valence-electron chi connectivity index (χ3n) is 3.77. The fourth-order valence-electron chi connectivity index (χ4n) is 2.64. The highest BCUT2D eigenvalue weighted by molar-refractivity contribution is 5.93. The summed E-state index contributed by atoms with van der Waals surface area (Å²) in [7, 11) is 0. The molecule has 122 valence electrons. The van der Waals surface area contributed by atoms with Crippen molar-refractivity contribution in [1.29, 1.82) is 0 Å². The quantitative estimate of drug-likeness (QED) is 0.750. The lowest BCUT2D eigenvalue weighted by atomic mass is 10.0. The maximum atomic E-state index is 12.6. The molecular formula is C19H18N2O3. The van der Waals surface area contributed by atoms with E-state index in [0.29, 0.717) is 17.3 Å². The maximum absolute atomic E-state index is 12.6. The molecule has 0 fully saturated rings. The number of aromatic nitrogens is 2. The summed E-state index contributed by atoms with van der Waals surface area (Å²) in [6.07, 6.45) is 2.03. The molecule has 0 aliphatic rings.